The highest BCUT2D eigenvalue weighted by Crippen LogP contribution is 2.48. The van der Waals surface area contributed by atoms with Gasteiger partial charge in [-0.15, -0.1) is 0 Å². The van der Waals surface area contributed by atoms with Crippen molar-refractivity contribution in [1.82, 2.24) is 0 Å². The Bertz CT molecular complexity index is 2810. The topological polar surface area (TPSA) is 477 Å². The Labute approximate surface area is 756 Å². The van der Waals surface area contributed by atoms with Gasteiger partial charge in [-0.25, -0.2) is 0 Å². The van der Waals surface area contributed by atoms with E-state index < -0.39 is 308 Å². The second-order valence-electron chi connectivity index (χ2n) is 46.9. The van der Waals surface area contributed by atoms with Crippen molar-refractivity contribution in [2.24, 2.45) is 0 Å². The summed E-state index contributed by atoms with van der Waals surface area (Å²) in [5, 5.41) is 175. The minimum absolute atomic E-state index is 0.370. The molecule has 126 heavy (non-hydrogen) atoms. The molecule has 14 N–H and O–H groups in total. The van der Waals surface area contributed by atoms with E-state index in [-0.39, 0.29) is 46.2 Å². The molecule has 0 aromatic heterocycles. The number of aliphatic hydroxyl groups is 14. The minimum atomic E-state index is -2.81. The van der Waals surface area contributed by atoms with Gasteiger partial charge in [-0.2, -0.15) is 0 Å². The average Bonchev–Trinajstić information content (AvgIpc) is 0.775. The van der Waals surface area contributed by atoms with Gasteiger partial charge in [-0.1, -0.05) is 145 Å². The minimum Gasteiger partial charge on any atom is -0.414 e. The van der Waals surface area contributed by atoms with Crippen molar-refractivity contribution in [3.63, 3.8) is 0 Å². The second kappa shape index (κ2) is 40.9. The molecule has 21 aliphatic rings. The fraction of sp³-hybridized carbons (Fsp3) is 1.00. The lowest BCUT2D eigenvalue weighted by Gasteiger charge is -2.51. The maximum absolute atomic E-state index is 12.8. The van der Waals surface area contributed by atoms with Crippen LogP contribution in [0.5, 0.6) is 0 Å². The van der Waals surface area contributed by atoms with E-state index in [1.165, 1.54) is 0 Å². The van der Waals surface area contributed by atoms with Crippen LogP contribution in [-0.2, 0) is 97.3 Å². The maximum atomic E-state index is 12.8. The second-order valence-corrected chi connectivity index (χ2v) is 80.5. The zero-order chi connectivity index (χ0) is 96.0. The number of aliphatic hydroxyl groups excluding tert-OH is 14. The molecule has 21 rings (SSSR count). The lowest BCUT2D eigenvalue weighted by atomic mass is 9.95. The molecule has 0 spiro atoms. The first-order chi connectivity index (χ1) is 56.9. The normalized spacial score (nSPS) is 40.5. The average molecular weight is 1930 g/mol. The van der Waals surface area contributed by atoms with Gasteiger partial charge in [0.25, 0.3) is 0 Å². The summed E-state index contributed by atoms with van der Waals surface area (Å²) in [6, 6.07) is 0. The first-order valence-electron chi connectivity index (χ1n) is 45.1. The highest BCUT2D eigenvalue weighted by Gasteiger charge is 2.63. The third kappa shape index (κ3) is 25.2. The van der Waals surface area contributed by atoms with E-state index in [4.69, 9.17) is 97.3 Å². The van der Waals surface area contributed by atoms with Gasteiger partial charge >= 0.3 is 0 Å². The molecule has 21 saturated heterocycles. The summed E-state index contributed by atoms with van der Waals surface area (Å²) in [5.74, 6) is 0. The number of hydrogen-bond acceptors (Lipinski definition) is 35. The Balaban J connectivity index is 1.31. The molecule has 35 atom stereocenters. The molecule has 0 saturated carbocycles. The summed E-state index contributed by atoms with van der Waals surface area (Å²) in [7, 11) is -19.7. The lowest BCUT2D eigenvalue weighted by Crippen LogP contribution is -2.69. The van der Waals surface area contributed by atoms with Gasteiger partial charge in [0, 0.05) is 0 Å². The molecular formula is C84H168O35Si7. The van der Waals surface area contributed by atoms with E-state index in [9.17, 15) is 71.5 Å². The molecule has 21 fully saturated rings. The molecule has 0 aromatic carbocycles. The first kappa shape index (κ1) is 111. The molecule has 14 bridgehead atoms. The van der Waals surface area contributed by atoms with Crippen molar-refractivity contribution in [2.75, 3.05) is 46.2 Å². The van der Waals surface area contributed by atoms with Crippen LogP contribution in [-0.4, -0.2) is 391 Å². The van der Waals surface area contributed by atoms with E-state index in [0.717, 1.165) is 0 Å². The van der Waals surface area contributed by atoms with Crippen LogP contribution in [0.15, 0.2) is 0 Å². The number of hydrogen-bond donors (Lipinski definition) is 14. The monoisotopic (exact) mass is 1930 g/mol. The van der Waals surface area contributed by atoms with Crippen molar-refractivity contribution in [2.45, 2.75) is 487 Å². The first-order valence-corrected chi connectivity index (χ1v) is 65.5. The van der Waals surface area contributed by atoms with Crippen LogP contribution in [0, 0.1) is 0 Å². The third-order valence-corrected chi connectivity index (χ3v) is 61.9. The van der Waals surface area contributed by atoms with E-state index in [0.29, 0.717) is 0 Å². The number of ether oxygens (including phenoxy) is 14. The highest BCUT2D eigenvalue weighted by atomic mass is 28.4. The Morgan fingerprint density at radius 3 is 0.325 bits per heavy atom. The van der Waals surface area contributed by atoms with Gasteiger partial charge in [-0.05, 0) is 127 Å². The Morgan fingerprint density at radius 1 is 0.159 bits per heavy atom. The van der Waals surface area contributed by atoms with E-state index in [1.54, 1.807) is 0 Å². The van der Waals surface area contributed by atoms with Gasteiger partial charge in [0.15, 0.2) is 102 Å². The van der Waals surface area contributed by atoms with E-state index in [1.807, 2.05) is 237 Å². The molecule has 21 aliphatic heterocycles. The molecule has 42 heteroatoms. The molecule has 2 unspecified atom stereocenters. The zero-order valence-electron chi connectivity index (χ0n) is 82.0. The Hall–Kier alpha value is 0.118. The van der Waals surface area contributed by atoms with Crippen molar-refractivity contribution in [3.8, 4) is 0 Å². The van der Waals surface area contributed by atoms with E-state index in [2.05, 4.69) is 0 Å². The molecule has 35 nitrogen and oxygen atoms in total. The van der Waals surface area contributed by atoms with Gasteiger partial charge in [-0.3, -0.25) is 0 Å². The maximum Gasteiger partial charge on any atom is 0.192 e. The van der Waals surface area contributed by atoms with Gasteiger partial charge in [0.05, 0.1) is 46.2 Å². The van der Waals surface area contributed by atoms with Crippen LogP contribution < -0.4 is 0 Å². The fourth-order valence-corrected chi connectivity index (χ4v) is 21.0. The predicted molar refractivity (Wildman–Crippen MR) is 481 cm³/mol. The van der Waals surface area contributed by atoms with Crippen LogP contribution in [0.25, 0.3) is 0 Å². The van der Waals surface area contributed by atoms with Crippen molar-refractivity contribution in [3.05, 3.63) is 0 Å². The molecule has 0 aromatic rings. The molecule has 0 aliphatic carbocycles. The predicted octanol–water partition coefficient (Wildman–Crippen LogP) is 5.98. The zero-order valence-corrected chi connectivity index (χ0v) is 89.0. The molecule has 742 valence electrons. The van der Waals surface area contributed by atoms with Crippen LogP contribution in [0.4, 0.5) is 0 Å². The largest absolute Gasteiger partial charge is 0.414 e. The van der Waals surface area contributed by atoms with Crippen molar-refractivity contribution < 1.29 is 169 Å². The van der Waals surface area contributed by atoms with Crippen LogP contribution in [0.2, 0.25) is 127 Å². The third-order valence-electron chi connectivity index (χ3n) is 30.4. The van der Waals surface area contributed by atoms with Gasteiger partial charge in [0.2, 0.25) is 0 Å². The summed E-state index contributed by atoms with van der Waals surface area (Å²) in [6.45, 7) is 67.0. The molecule has 0 radical (unpaired) electrons. The summed E-state index contributed by atoms with van der Waals surface area (Å²) < 4.78 is 141. The standard InChI is InChI=1S/C84H168O35Si7/c1-78(2,3)120(22,23)99-36-43-64-50(85)57(92)71(106-43)114-65-44(37-100-121(24,25)79(4,5)6)108-73(59(94)52(65)87)116-67-46(39-102-123(28,29)81(10,11)12)110-75(61(96)54(67)89)118-69-48(41-104-125(32,33)83(16,17)18)112-77(63(98)56(69)91)119-70-49(42-105-126(34,35)84(19,20)21)111-76(62(97)55(70)90)117-68-47(40-103-124(30,31)82(13,14)15)109-74(60(95)53(68)88)115-66-45(38-101-122(26,27)80(7,8)9)107-72(113-64)58(93)51(66)86/h43-77,85-98H,36-42H2,1-35H3/t43-,44-,45-,46-,47-,48-,49-,50-,51+,52+,53+,54?,55?,56-,57-,58-,59-,60-,61-,62-,63-,64-,65-,66-,67-,68-,69-,70-,71-,72-,73-,74-,75-,76-,77-/m1/s1. The van der Waals surface area contributed by atoms with Crippen LogP contribution in [0.1, 0.15) is 145 Å². The van der Waals surface area contributed by atoms with Crippen LogP contribution in [0.3, 0.4) is 0 Å². The van der Waals surface area contributed by atoms with Crippen LogP contribution >= 0.6 is 0 Å². The quantitative estimate of drug-likeness (QED) is 0.0588. The molecule has 0 amide bonds. The SMILES string of the molecule is CC(C)(C)[Si](C)(C)OC[C@H]1O[C@@H]2O[C@H]3[C@@H](O)[C@@H](O)[C@H](O[C@@H]3CO[Si](C)(C)C(C)(C)C)O[C@H]3C(O)[C@@H](O)[C@@H](O[C@H]4[C@H](O)[C@@H](O)[C@H](O[C@@H]4CO[Si](C)(C)C(C)(C)C)O[C@H]4C(O)[C@@H](O)[C@@H](O[C@H]5[C@@H](O)[C@@H](O)[C@@H](O[C@H]6[C@@H](O)[C@@H](O)[C@@H](O[C@H]1[C@H](O)[C@H]2O)O[C@@H]6CO[Si](C)(C)C(C)(C)C)O[C@@H]5CO[Si](C)(C)C(C)(C)C)O[C@@H]4CO[Si](C)(C)C(C)(C)C)O[C@@H]3CO[Si](C)(C)C(C)(C)C. The fourth-order valence-electron chi connectivity index (χ4n) is 13.9. The Morgan fingerprint density at radius 2 is 0.246 bits per heavy atom. The van der Waals surface area contributed by atoms with Gasteiger partial charge < -0.3 is 169 Å². The van der Waals surface area contributed by atoms with E-state index >= 15 is 0 Å². The van der Waals surface area contributed by atoms with Crippen molar-refractivity contribution in [1.29, 1.82) is 0 Å². The summed E-state index contributed by atoms with van der Waals surface area (Å²) >= 11 is 0. The molecular weight excluding hydrogens is 1770 g/mol. The Kier molecular flexibility index (Phi) is 36.2. The lowest BCUT2D eigenvalue weighted by molar-refractivity contribution is -0.396. The summed E-state index contributed by atoms with van der Waals surface area (Å²) in [6.07, 6.45) is -65.0. The summed E-state index contributed by atoms with van der Waals surface area (Å²) in [4.78, 5) is 0. The number of rotatable bonds is 21. The van der Waals surface area contributed by atoms with Gasteiger partial charge in [0.1, 0.15) is 171 Å². The smallest absolute Gasteiger partial charge is 0.192 e. The highest BCUT2D eigenvalue weighted by molar-refractivity contribution is 6.76. The molecule has 21 heterocycles. The summed E-state index contributed by atoms with van der Waals surface area (Å²) in [5.41, 5.74) is 0. The van der Waals surface area contributed by atoms with Crippen molar-refractivity contribution >= 4 is 58.2 Å².